The molecule has 1 aromatic heterocycles. The summed E-state index contributed by atoms with van der Waals surface area (Å²) in [4.78, 5) is 10.7. The largest absolute Gasteiger partial charge is 0.326 e. The van der Waals surface area contributed by atoms with Crippen LogP contribution in [0, 0.1) is 11.6 Å². The monoisotopic (exact) mass is 324 g/mol. The summed E-state index contributed by atoms with van der Waals surface area (Å²) in [6, 6.07) is 13.3. The second kappa shape index (κ2) is 5.88. The highest BCUT2D eigenvalue weighted by Crippen LogP contribution is 2.33. The zero-order valence-electron chi connectivity index (χ0n) is 12.7. The number of benzene rings is 2. The molecule has 1 N–H and O–H groups in total. The van der Waals surface area contributed by atoms with Crippen LogP contribution in [0.4, 0.5) is 31.9 Å². The Labute approximate surface area is 137 Å². The third kappa shape index (κ3) is 2.67. The Morgan fingerprint density at radius 3 is 2.79 bits per heavy atom. The average Bonchev–Trinajstić information content (AvgIpc) is 3.02. The number of anilines is 4. The van der Waals surface area contributed by atoms with Crippen molar-refractivity contribution in [2.24, 2.45) is 0 Å². The summed E-state index contributed by atoms with van der Waals surface area (Å²) in [5.41, 5.74) is 2.53. The molecule has 0 bridgehead atoms. The first kappa shape index (κ1) is 14.6. The normalized spacial score (nSPS) is 13.0. The van der Waals surface area contributed by atoms with Crippen molar-refractivity contribution in [2.75, 3.05) is 16.8 Å². The fourth-order valence-electron chi connectivity index (χ4n) is 2.85. The minimum absolute atomic E-state index is 0.135. The number of hydrogen-bond acceptors (Lipinski definition) is 4. The van der Waals surface area contributed by atoms with Crippen molar-refractivity contribution in [3.8, 4) is 0 Å². The predicted molar refractivity (Wildman–Crippen MR) is 88.8 cm³/mol. The zero-order chi connectivity index (χ0) is 16.5. The van der Waals surface area contributed by atoms with Gasteiger partial charge < -0.3 is 10.2 Å². The van der Waals surface area contributed by atoms with Crippen molar-refractivity contribution in [1.82, 2.24) is 9.97 Å². The lowest BCUT2D eigenvalue weighted by Gasteiger charge is -2.18. The van der Waals surface area contributed by atoms with E-state index in [1.165, 1.54) is 17.7 Å². The Kier molecular flexibility index (Phi) is 3.57. The summed E-state index contributed by atoms with van der Waals surface area (Å²) < 4.78 is 26.8. The summed E-state index contributed by atoms with van der Waals surface area (Å²) in [5.74, 6) is -0.306. The molecular weight excluding hydrogens is 310 g/mol. The molecule has 2 aromatic carbocycles. The first-order valence-electron chi connectivity index (χ1n) is 7.61. The molecule has 2 heterocycles. The summed E-state index contributed by atoms with van der Waals surface area (Å²) in [5, 5.41) is 2.80. The van der Waals surface area contributed by atoms with E-state index in [1.54, 1.807) is 6.20 Å². The van der Waals surface area contributed by atoms with Crippen molar-refractivity contribution in [2.45, 2.75) is 6.42 Å². The Morgan fingerprint density at radius 1 is 1.04 bits per heavy atom. The second-order valence-electron chi connectivity index (χ2n) is 5.52. The van der Waals surface area contributed by atoms with E-state index in [2.05, 4.69) is 32.3 Å². The van der Waals surface area contributed by atoms with Gasteiger partial charge in [-0.1, -0.05) is 18.2 Å². The van der Waals surface area contributed by atoms with Gasteiger partial charge in [0.15, 0.2) is 0 Å². The van der Waals surface area contributed by atoms with Crippen LogP contribution in [0.2, 0.25) is 0 Å². The molecule has 0 saturated heterocycles. The van der Waals surface area contributed by atoms with Crippen LogP contribution in [0.1, 0.15) is 5.56 Å². The van der Waals surface area contributed by atoms with E-state index in [1.807, 2.05) is 18.2 Å². The van der Waals surface area contributed by atoms with Crippen LogP contribution in [0.3, 0.4) is 0 Å². The molecule has 4 rings (SSSR count). The van der Waals surface area contributed by atoms with Crippen LogP contribution in [0.15, 0.2) is 54.7 Å². The number of fused-ring (bicyclic) bond motifs is 1. The van der Waals surface area contributed by atoms with E-state index in [4.69, 9.17) is 0 Å². The average molecular weight is 324 g/mol. The minimum atomic E-state index is -0.685. The van der Waals surface area contributed by atoms with Gasteiger partial charge in [0.1, 0.15) is 17.5 Å². The quantitative estimate of drug-likeness (QED) is 0.784. The van der Waals surface area contributed by atoms with Crippen molar-refractivity contribution >= 4 is 23.1 Å². The van der Waals surface area contributed by atoms with Gasteiger partial charge in [-0.3, -0.25) is 0 Å². The molecule has 3 aromatic rings. The standard InChI is InChI=1S/C18H14F2N4/c19-13-5-6-15(14(20)11-13)22-18-21-9-7-17(23-18)24-10-8-12-3-1-2-4-16(12)24/h1-7,9,11H,8,10H2,(H,21,22,23). The van der Waals surface area contributed by atoms with Crippen molar-refractivity contribution in [3.63, 3.8) is 0 Å². The summed E-state index contributed by atoms with van der Waals surface area (Å²) in [6.07, 6.45) is 2.57. The van der Waals surface area contributed by atoms with Gasteiger partial charge in [-0.2, -0.15) is 4.98 Å². The number of halogens is 2. The molecule has 0 saturated carbocycles. The van der Waals surface area contributed by atoms with Gasteiger partial charge >= 0.3 is 0 Å². The van der Waals surface area contributed by atoms with E-state index in [0.29, 0.717) is 0 Å². The van der Waals surface area contributed by atoms with Gasteiger partial charge in [-0.15, -0.1) is 0 Å². The predicted octanol–water partition coefficient (Wildman–Crippen LogP) is 4.19. The fraction of sp³-hybridized carbons (Fsp3) is 0.111. The molecule has 1 aliphatic rings. The van der Waals surface area contributed by atoms with Gasteiger partial charge in [-0.05, 0) is 36.2 Å². The molecule has 0 fully saturated rings. The van der Waals surface area contributed by atoms with Crippen molar-refractivity contribution < 1.29 is 8.78 Å². The first-order chi connectivity index (χ1) is 11.7. The number of hydrogen-bond donors (Lipinski definition) is 1. The Morgan fingerprint density at radius 2 is 1.92 bits per heavy atom. The topological polar surface area (TPSA) is 41.1 Å². The number of para-hydroxylation sites is 1. The molecule has 0 amide bonds. The highest BCUT2D eigenvalue weighted by Gasteiger charge is 2.21. The van der Waals surface area contributed by atoms with E-state index in [0.717, 1.165) is 30.5 Å². The molecule has 4 nitrogen and oxygen atoms in total. The van der Waals surface area contributed by atoms with Crippen molar-refractivity contribution in [1.29, 1.82) is 0 Å². The van der Waals surface area contributed by atoms with Crippen LogP contribution in [-0.4, -0.2) is 16.5 Å². The number of aromatic nitrogens is 2. The van der Waals surface area contributed by atoms with E-state index < -0.39 is 11.6 Å². The number of rotatable bonds is 3. The summed E-state index contributed by atoms with van der Waals surface area (Å²) in [6.45, 7) is 0.834. The lowest BCUT2D eigenvalue weighted by atomic mass is 10.2. The Hall–Kier alpha value is -3.02. The molecular formula is C18H14F2N4. The van der Waals surface area contributed by atoms with Gasteiger partial charge in [0.05, 0.1) is 5.69 Å². The first-order valence-corrected chi connectivity index (χ1v) is 7.61. The van der Waals surface area contributed by atoms with Gasteiger partial charge in [-0.25, -0.2) is 13.8 Å². The van der Waals surface area contributed by atoms with Crippen LogP contribution in [0.5, 0.6) is 0 Å². The maximum atomic E-state index is 13.8. The van der Waals surface area contributed by atoms with Crippen LogP contribution >= 0.6 is 0 Å². The molecule has 0 unspecified atom stereocenters. The number of nitrogens with zero attached hydrogens (tertiary/aromatic N) is 3. The molecule has 0 aliphatic carbocycles. The van der Waals surface area contributed by atoms with Gasteiger partial charge in [0.2, 0.25) is 5.95 Å². The second-order valence-corrected chi connectivity index (χ2v) is 5.52. The third-order valence-corrected chi connectivity index (χ3v) is 3.98. The highest BCUT2D eigenvalue weighted by molar-refractivity contribution is 5.68. The van der Waals surface area contributed by atoms with Gasteiger partial charge in [0.25, 0.3) is 0 Å². The molecule has 6 heteroatoms. The zero-order valence-corrected chi connectivity index (χ0v) is 12.7. The third-order valence-electron chi connectivity index (χ3n) is 3.98. The lowest BCUT2D eigenvalue weighted by Crippen LogP contribution is -2.15. The van der Waals surface area contributed by atoms with E-state index in [9.17, 15) is 8.78 Å². The highest BCUT2D eigenvalue weighted by atomic mass is 19.1. The smallest absolute Gasteiger partial charge is 0.229 e. The van der Waals surface area contributed by atoms with Crippen LogP contribution in [-0.2, 0) is 6.42 Å². The summed E-state index contributed by atoms with van der Waals surface area (Å²) >= 11 is 0. The molecule has 24 heavy (non-hydrogen) atoms. The maximum Gasteiger partial charge on any atom is 0.229 e. The molecule has 120 valence electrons. The number of nitrogens with one attached hydrogen (secondary N) is 1. The van der Waals surface area contributed by atoms with Gasteiger partial charge in [0, 0.05) is 24.5 Å². The minimum Gasteiger partial charge on any atom is -0.326 e. The van der Waals surface area contributed by atoms with Crippen LogP contribution in [0.25, 0.3) is 0 Å². The molecule has 1 aliphatic heterocycles. The maximum absolute atomic E-state index is 13.8. The van der Waals surface area contributed by atoms with E-state index >= 15 is 0 Å². The Bertz CT molecular complexity index is 898. The summed E-state index contributed by atoms with van der Waals surface area (Å²) in [7, 11) is 0. The van der Waals surface area contributed by atoms with Crippen LogP contribution < -0.4 is 10.2 Å². The molecule has 0 atom stereocenters. The Balaban J connectivity index is 1.63. The lowest BCUT2D eigenvalue weighted by molar-refractivity contribution is 0.586. The SMILES string of the molecule is Fc1ccc(Nc2nccc(N3CCc4ccccc43)n2)c(F)c1. The van der Waals surface area contributed by atoms with Crippen molar-refractivity contribution in [3.05, 3.63) is 71.9 Å². The van der Waals surface area contributed by atoms with E-state index in [-0.39, 0.29) is 11.6 Å². The molecule has 0 spiro atoms. The molecule has 0 radical (unpaired) electrons. The fourth-order valence-corrected chi connectivity index (χ4v) is 2.85.